The maximum Gasteiger partial charge on any atom is 0.249 e. The monoisotopic (exact) mass is 920 g/mol. The molecule has 0 bridgehead atoms. The van der Waals surface area contributed by atoms with Gasteiger partial charge in [0.1, 0.15) is 6.10 Å². The van der Waals surface area contributed by atoms with E-state index in [1.54, 1.807) is 0 Å². The summed E-state index contributed by atoms with van der Waals surface area (Å²) in [5, 5.41) is 33.5. The number of amides is 1. The van der Waals surface area contributed by atoms with Crippen LogP contribution in [0.1, 0.15) is 354 Å². The van der Waals surface area contributed by atoms with Crippen LogP contribution in [0.5, 0.6) is 0 Å². The smallest absolute Gasteiger partial charge is 0.249 e. The molecule has 0 aromatic rings. The van der Waals surface area contributed by atoms with Gasteiger partial charge in [0.2, 0.25) is 5.91 Å². The van der Waals surface area contributed by atoms with Crippen LogP contribution in [-0.2, 0) is 4.79 Å². The van der Waals surface area contributed by atoms with E-state index in [-0.39, 0.29) is 6.61 Å². The Bertz CT molecular complexity index is 883. The van der Waals surface area contributed by atoms with E-state index in [4.69, 9.17) is 0 Å². The molecule has 390 valence electrons. The summed E-state index contributed by atoms with van der Waals surface area (Å²) in [5.74, 6) is -0.463. The first-order valence-electron chi connectivity index (χ1n) is 30.3. The number of nitrogens with one attached hydrogen (secondary N) is 1. The third-order valence-corrected chi connectivity index (χ3v) is 14.7. The van der Waals surface area contributed by atoms with E-state index in [0.29, 0.717) is 12.8 Å². The van der Waals surface area contributed by atoms with Gasteiger partial charge in [-0.25, -0.2) is 0 Å². The number of rotatable bonds is 57. The fourth-order valence-electron chi connectivity index (χ4n) is 10.0. The molecule has 0 aliphatic carbocycles. The number of hydrogen-bond donors (Lipinski definition) is 4. The number of carbonyl (C=O) groups is 1. The second-order valence-electron chi connectivity index (χ2n) is 21.3. The Morgan fingerprint density at radius 1 is 0.308 bits per heavy atom. The zero-order valence-corrected chi connectivity index (χ0v) is 44.7. The lowest BCUT2D eigenvalue weighted by Crippen LogP contribution is -2.49. The molecule has 0 aromatic carbocycles. The minimum Gasteiger partial charge on any atom is -0.394 e. The van der Waals surface area contributed by atoms with Crippen LogP contribution in [0.25, 0.3) is 0 Å². The fraction of sp³-hybridized carbons (Fsp3) is 0.983. The minimum atomic E-state index is -1.07. The van der Waals surface area contributed by atoms with Crippen molar-refractivity contribution in [3.05, 3.63) is 0 Å². The van der Waals surface area contributed by atoms with Crippen LogP contribution in [0.2, 0.25) is 0 Å². The molecule has 3 atom stereocenters. The van der Waals surface area contributed by atoms with E-state index in [9.17, 15) is 20.1 Å². The average Bonchev–Trinajstić information content (AvgIpc) is 3.31. The van der Waals surface area contributed by atoms with Gasteiger partial charge >= 0.3 is 0 Å². The predicted octanol–water partition coefficient (Wildman–Crippen LogP) is 18.9. The molecule has 0 saturated heterocycles. The summed E-state index contributed by atoms with van der Waals surface area (Å²) >= 11 is 0. The number of carbonyl (C=O) groups excluding carboxylic acids is 1. The van der Waals surface area contributed by atoms with Gasteiger partial charge in [0, 0.05) is 0 Å². The molecule has 0 saturated carbocycles. The third-order valence-electron chi connectivity index (χ3n) is 14.7. The molecule has 0 radical (unpaired) electrons. The highest BCUT2D eigenvalue weighted by atomic mass is 16.3. The summed E-state index contributed by atoms with van der Waals surface area (Å²) in [5.41, 5.74) is 0. The summed E-state index contributed by atoms with van der Waals surface area (Å²) < 4.78 is 0. The third kappa shape index (κ3) is 51.0. The molecule has 0 rings (SSSR count). The van der Waals surface area contributed by atoms with Crippen molar-refractivity contribution in [2.45, 2.75) is 372 Å². The molecule has 4 N–H and O–H groups in total. The fourth-order valence-corrected chi connectivity index (χ4v) is 10.0. The Labute approximate surface area is 408 Å². The molecule has 0 fully saturated rings. The van der Waals surface area contributed by atoms with E-state index in [1.165, 1.54) is 295 Å². The molecular formula is C60H121NO4. The van der Waals surface area contributed by atoms with E-state index >= 15 is 0 Å². The number of aliphatic hydroxyl groups excluding tert-OH is 3. The standard InChI is InChI=1S/C60H121NO4/c1-3-5-7-9-11-13-15-17-18-19-20-21-22-23-24-25-26-27-28-29-30-31-32-33-34-35-36-37-38-39-40-41-43-45-47-49-51-53-55-59(64)60(65)61-57(56-62)58(63)54-52-50-48-46-44-42-16-14-12-10-8-6-4-2/h57-59,62-64H,3-56H2,1-2H3,(H,61,65). The lowest BCUT2D eigenvalue weighted by molar-refractivity contribution is -0.131. The summed E-state index contributed by atoms with van der Waals surface area (Å²) in [6.45, 7) is 4.26. The Kier molecular flexibility index (Phi) is 55.4. The zero-order chi connectivity index (χ0) is 47.2. The minimum absolute atomic E-state index is 0.308. The van der Waals surface area contributed by atoms with E-state index < -0.39 is 24.2 Å². The quantitative estimate of drug-likeness (QED) is 0.0458. The molecule has 0 heterocycles. The van der Waals surface area contributed by atoms with Crippen molar-refractivity contribution in [1.82, 2.24) is 5.32 Å². The molecule has 0 spiro atoms. The molecule has 0 aliphatic rings. The molecule has 5 nitrogen and oxygen atoms in total. The lowest BCUT2D eigenvalue weighted by Gasteiger charge is -2.23. The Hall–Kier alpha value is -0.650. The van der Waals surface area contributed by atoms with Gasteiger partial charge in [0.15, 0.2) is 0 Å². The molecular weight excluding hydrogens is 799 g/mol. The highest BCUT2D eigenvalue weighted by molar-refractivity contribution is 5.80. The van der Waals surface area contributed by atoms with E-state index in [2.05, 4.69) is 19.2 Å². The summed E-state index contributed by atoms with van der Waals surface area (Å²) in [7, 11) is 0. The van der Waals surface area contributed by atoms with Gasteiger partial charge in [0.05, 0.1) is 18.8 Å². The Morgan fingerprint density at radius 2 is 0.492 bits per heavy atom. The number of unbranched alkanes of at least 4 members (excludes halogenated alkanes) is 49. The van der Waals surface area contributed by atoms with Crippen molar-refractivity contribution < 1.29 is 20.1 Å². The van der Waals surface area contributed by atoms with Gasteiger partial charge in [-0.15, -0.1) is 0 Å². The molecule has 0 aliphatic heterocycles. The van der Waals surface area contributed by atoms with Crippen molar-refractivity contribution >= 4 is 5.91 Å². The van der Waals surface area contributed by atoms with Crippen molar-refractivity contribution in [2.24, 2.45) is 0 Å². The number of hydrogen-bond acceptors (Lipinski definition) is 4. The van der Waals surface area contributed by atoms with Gasteiger partial charge in [0.25, 0.3) is 0 Å². The van der Waals surface area contributed by atoms with Crippen LogP contribution in [0.3, 0.4) is 0 Å². The highest BCUT2D eigenvalue weighted by Crippen LogP contribution is 2.19. The molecule has 5 heteroatoms. The van der Waals surface area contributed by atoms with Crippen LogP contribution >= 0.6 is 0 Å². The van der Waals surface area contributed by atoms with Crippen LogP contribution < -0.4 is 5.32 Å². The molecule has 1 amide bonds. The first-order chi connectivity index (χ1) is 32.1. The largest absolute Gasteiger partial charge is 0.394 e. The van der Waals surface area contributed by atoms with Gasteiger partial charge in [-0.05, 0) is 12.8 Å². The van der Waals surface area contributed by atoms with Crippen molar-refractivity contribution in [3.63, 3.8) is 0 Å². The van der Waals surface area contributed by atoms with Gasteiger partial charge in [-0.1, -0.05) is 341 Å². The SMILES string of the molecule is CCCCCCCCCCCCCCCCCCCCCCCCCCCCCCCCCCCCCCCCC(O)C(=O)NC(CO)C(O)CCCCCCCCCCCCCCC. The first-order valence-corrected chi connectivity index (χ1v) is 30.3. The van der Waals surface area contributed by atoms with Crippen molar-refractivity contribution in [2.75, 3.05) is 6.61 Å². The van der Waals surface area contributed by atoms with Crippen LogP contribution in [0.4, 0.5) is 0 Å². The lowest BCUT2D eigenvalue weighted by atomic mass is 10.0. The van der Waals surface area contributed by atoms with Crippen LogP contribution in [0, 0.1) is 0 Å². The first kappa shape index (κ1) is 64.3. The average molecular weight is 921 g/mol. The van der Waals surface area contributed by atoms with Gasteiger partial charge in [-0.3, -0.25) is 4.79 Å². The van der Waals surface area contributed by atoms with Crippen LogP contribution in [0.15, 0.2) is 0 Å². The maximum atomic E-state index is 12.5. The summed E-state index contributed by atoms with van der Waals surface area (Å²) in [4.78, 5) is 12.5. The maximum absolute atomic E-state index is 12.5. The summed E-state index contributed by atoms with van der Waals surface area (Å²) in [6.07, 6.45) is 69.1. The second-order valence-corrected chi connectivity index (χ2v) is 21.3. The predicted molar refractivity (Wildman–Crippen MR) is 287 cm³/mol. The zero-order valence-electron chi connectivity index (χ0n) is 44.7. The summed E-state index contributed by atoms with van der Waals surface area (Å²) in [6, 6.07) is -0.706. The second kappa shape index (κ2) is 55.9. The van der Waals surface area contributed by atoms with E-state index in [1.807, 2.05) is 0 Å². The highest BCUT2D eigenvalue weighted by Gasteiger charge is 2.23. The Balaban J connectivity index is 3.37. The van der Waals surface area contributed by atoms with Crippen molar-refractivity contribution in [3.8, 4) is 0 Å². The van der Waals surface area contributed by atoms with Crippen molar-refractivity contribution in [1.29, 1.82) is 0 Å². The Morgan fingerprint density at radius 3 is 0.692 bits per heavy atom. The van der Waals surface area contributed by atoms with Crippen LogP contribution in [-0.4, -0.2) is 46.1 Å². The van der Waals surface area contributed by atoms with Gasteiger partial charge < -0.3 is 20.6 Å². The number of aliphatic hydroxyl groups is 3. The van der Waals surface area contributed by atoms with Gasteiger partial charge in [-0.2, -0.15) is 0 Å². The van der Waals surface area contributed by atoms with E-state index in [0.717, 1.165) is 32.1 Å². The molecule has 65 heavy (non-hydrogen) atoms. The topological polar surface area (TPSA) is 89.8 Å². The normalized spacial score (nSPS) is 13.1. The molecule has 3 unspecified atom stereocenters. The molecule has 0 aromatic heterocycles.